The van der Waals surface area contributed by atoms with E-state index in [1.54, 1.807) is 0 Å². The van der Waals surface area contributed by atoms with Gasteiger partial charge >= 0.3 is 0 Å². The number of aliphatic hydroxyl groups excluding tert-OH is 1. The Morgan fingerprint density at radius 1 is 1.33 bits per heavy atom. The van der Waals surface area contributed by atoms with Crippen molar-refractivity contribution < 1.29 is 14.6 Å². The van der Waals surface area contributed by atoms with Gasteiger partial charge in [-0.3, -0.25) is 9.89 Å². The number of hydrogen-bond acceptors (Lipinski definition) is 5. The van der Waals surface area contributed by atoms with Crippen molar-refractivity contribution >= 4 is 29.9 Å². The molecular weight excluding hydrogens is 459 g/mol. The van der Waals surface area contributed by atoms with Crippen LogP contribution in [0.15, 0.2) is 4.99 Å². The zero-order valence-corrected chi connectivity index (χ0v) is 19.5. The SMILES string of the molecule is CCNC(=NCC1(CCO)CCOC1)NCC1CN(CC(C)C)CCO1.I. The number of ether oxygens (including phenoxy) is 2. The second-order valence-corrected chi connectivity index (χ2v) is 8.00. The lowest BCUT2D eigenvalue weighted by molar-refractivity contribution is -0.0284. The second kappa shape index (κ2) is 13.1. The number of hydrogen-bond donors (Lipinski definition) is 3. The van der Waals surface area contributed by atoms with Gasteiger partial charge in [0.15, 0.2) is 5.96 Å². The van der Waals surface area contributed by atoms with Gasteiger partial charge in [-0.1, -0.05) is 13.8 Å². The van der Waals surface area contributed by atoms with E-state index >= 15 is 0 Å². The van der Waals surface area contributed by atoms with Crippen LogP contribution in [0.3, 0.4) is 0 Å². The molecule has 0 spiro atoms. The molecule has 0 aromatic rings. The van der Waals surface area contributed by atoms with Crippen LogP contribution in [-0.2, 0) is 9.47 Å². The Hall–Kier alpha value is -0.160. The predicted octanol–water partition coefficient (Wildman–Crippen LogP) is 1.31. The van der Waals surface area contributed by atoms with Crippen LogP contribution in [0.4, 0.5) is 0 Å². The van der Waals surface area contributed by atoms with Crippen molar-refractivity contribution in [2.45, 2.75) is 39.7 Å². The van der Waals surface area contributed by atoms with E-state index in [0.29, 0.717) is 19.1 Å². The molecule has 27 heavy (non-hydrogen) atoms. The average Bonchev–Trinajstić information content (AvgIpc) is 3.06. The van der Waals surface area contributed by atoms with Crippen LogP contribution in [0, 0.1) is 11.3 Å². The Kier molecular flexibility index (Phi) is 12.1. The van der Waals surface area contributed by atoms with Crippen molar-refractivity contribution in [3.05, 3.63) is 0 Å². The van der Waals surface area contributed by atoms with Gasteiger partial charge in [0.1, 0.15) is 0 Å². The molecular formula is C19H39IN4O3. The van der Waals surface area contributed by atoms with Gasteiger partial charge in [0.25, 0.3) is 0 Å². The number of aliphatic imine (C=N–C) groups is 1. The van der Waals surface area contributed by atoms with Crippen molar-refractivity contribution in [2.75, 3.05) is 65.7 Å². The Morgan fingerprint density at radius 2 is 2.15 bits per heavy atom. The molecule has 2 aliphatic heterocycles. The molecule has 160 valence electrons. The minimum absolute atomic E-state index is 0. The first kappa shape index (κ1) is 24.9. The molecule has 2 rings (SSSR count). The van der Waals surface area contributed by atoms with Crippen molar-refractivity contribution in [3.8, 4) is 0 Å². The van der Waals surface area contributed by atoms with Crippen LogP contribution >= 0.6 is 24.0 Å². The second-order valence-electron chi connectivity index (χ2n) is 8.00. The Morgan fingerprint density at radius 3 is 2.78 bits per heavy atom. The van der Waals surface area contributed by atoms with Crippen LogP contribution in [0.1, 0.15) is 33.6 Å². The van der Waals surface area contributed by atoms with E-state index in [9.17, 15) is 5.11 Å². The molecule has 0 radical (unpaired) electrons. The molecule has 2 fully saturated rings. The number of aliphatic hydroxyl groups is 1. The van der Waals surface area contributed by atoms with Crippen LogP contribution in [-0.4, -0.2) is 87.8 Å². The normalized spacial score (nSPS) is 26.9. The van der Waals surface area contributed by atoms with Gasteiger partial charge in [-0.25, -0.2) is 0 Å². The lowest BCUT2D eigenvalue weighted by atomic mass is 9.84. The van der Waals surface area contributed by atoms with E-state index in [-0.39, 0.29) is 42.1 Å². The maximum Gasteiger partial charge on any atom is 0.191 e. The quantitative estimate of drug-likeness (QED) is 0.253. The summed E-state index contributed by atoms with van der Waals surface area (Å²) in [6.45, 7) is 14.4. The van der Waals surface area contributed by atoms with Crippen molar-refractivity contribution in [3.63, 3.8) is 0 Å². The zero-order chi connectivity index (χ0) is 18.8. The standard InChI is InChI=1S/C19H38N4O3.HI/c1-4-20-18(22-14-19(5-8-24)6-9-25-15-19)21-11-17-13-23(7-10-26-17)12-16(2)3;/h16-17,24H,4-15H2,1-3H3,(H2,20,21,22);1H. The van der Waals surface area contributed by atoms with Gasteiger partial charge in [-0.2, -0.15) is 0 Å². The number of morpholine rings is 1. The molecule has 2 heterocycles. The largest absolute Gasteiger partial charge is 0.396 e. The number of guanidine groups is 1. The topological polar surface area (TPSA) is 78.4 Å². The van der Waals surface area contributed by atoms with E-state index < -0.39 is 0 Å². The maximum atomic E-state index is 9.36. The lowest BCUT2D eigenvalue weighted by Gasteiger charge is -2.34. The fourth-order valence-corrected chi connectivity index (χ4v) is 3.67. The predicted molar refractivity (Wildman–Crippen MR) is 120 cm³/mol. The lowest BCUT2D eigenvalue weighted by Crippen LogP contribution is -2.50. The highest BCUT2D eigenvalue weighted by Gasteiger charge is 2.34. The highest BCUT2D eigenvalue weighted by Crippen LogP contribution is 2.32. The summed E-state index contributed by atoms with van der Waals surface area (Å²) in [7, 11) is 0. The van der Waals surface area contributed by atoms with Crippen molar-refractivity contribution in [1.82, 2.24) is 15.5 Å². The molecule has 0 bridgehead atoms. The number of nitrogens with one attached hydrogen (secondary N) is 2. The maximum absolute atomic E-state index is 9.36. The monoisotopic (exact) mass is 498 g/mol. The average molecular weight is 498 g/mol. The number of rotatable bonds is 9. The van der Waals surface area contributed by atoms with E-state index in [1.165, 1.54) is 0 Å². The van der Waals surface area contributed by atoms with Gasteiger partial charge < -0.3 is 25.2 Å². The number of halogens is 1. The Labute approximate surface area is 181 Å². The molecule has 0 amide bonds. The van der Waals surface area contributed by atoms with Crippen molar-refractivity contribution in [2.24, 2.45) is 16.3 Å². The van der Waals surface area contributed by atoms with Crippen molar-refractivity contribution in [1.29, 1.82) is 0 Å². The minimum Gasteiger partial charge on any atom is -0.396 e. The van der Waals surface area contributed by atoms with E-state index in [2.05, 4.69) is 36.3 Å². The third-order valence-electron chi connectivity index (χ3n) is 5.09. The van der Waals surface area contributed by atoms with E-state index in [1.807, 2.05) is 0 Å². The molecule has 2 unspecified atom stereocenters. The molecule has 3 N–H and O–H groups in total. The third kappa shape index (κ3) is 8.81. The van der Waals surface area contributed by atoms with Crippen LogP contribution in [0.5, 0.6) is 0 Å². The van der Waals surface area contributed by atoms with Crippen LogP contribution < -0.4 is 10.6 Å². The fraction of sp³-hybridized carbons (Fsp3) is 0.947. The van der Waals surface area contributed by atoms with E-state index in [0.717, 1.165) is 64.7 Å². The molecule has 2 aliphatic rings. The summed E-state index contributed by atoms with van der Waals surface area (Å²) in [6, 6.07) is 0. The molecule has 8 heteroatoms. The molecule has 2 atom stereocenters. The van der Waals surface area contributed by atoms with Gasteiger partial charge in [0.05, 0.1) is 25.9 Å². The summed E-state index contributed by atoms with van der Waals surface area (Å²) >= 11 is 0. The number of nitrogens with zero attached hydrogens (tertiary/aromatic N) is 2. The first-order valence-electron chi connectivity index (χ1n) is 10.1. The summed E-state index contributed by atoms with van der Waals surface area (Å²) < 4.78 is 11.5. The smallest absolute Gasteiger partial charge is 0.191 e. The summed E-state index contributed by atoms with van der Waals surface area (Å²) in [5.74, 6) is 1.50. The summed E-state index contributed by atoms with van der Waals surface area (Å²) in [5.41, 5.74) is -0.0213. The van der Waals surface area contributed by atoms with Gasteiger partial charge in [-0.15, -0.1) is 24.0 Å². The van der Waals surface area contributed by atoms with Gasteiger partial charge in [0, 0.05) is 51.4 Å². The van der Waals surface area contributed by atoms with E-state index in [4.69, 9.17) is 14.5 Å². The minimum atomic E-state index is -0.0213. The summed E-state index contributed by atoms with van der Waals surface area (Å²) in [6.07, 6.45) is 1.89. The van der Waals surface area contributed by atoms with Gasteiger partial charge in [-0.05, 0) is 25.7 Å². The van der Waals surface area contributed by atoms with Crippen LogP contribution in [0.2, 0.25) is 0 Å². The molecule has 7 nitrogen and oxygen atoms in total. The van der Waals surface area contributed by atoms with Crippen LogP contribution in [0.25, 0.3) is 0 Å². The van der Waals surface area contributed by atoms with Gasteiger partial charge in [0.2, 0.25) is 0 Å². The highest BCUT2D eigenvalue weighted by molar-refractivity contribution is 14.0. The first-order valence-corrected chi connectivity index (χ1v) is 10.1. The Bertz CT molecular complexity index is 431. The summed E-state index contributed by atoms with van der Waals surface area (Å²) in [5, 5.41) is 16.1. The zero-order valence-electron chi connectivity index (χ0n) is 17.2. The third-order valence-corrected chi connectivity index (χ3v) is 5.09. The Balaban J connectivity index is 0.00000364. The molecule has 0 aromatic carbocycles. The highest BCUT2D eigenvalue weighted by atomic mass is 127. The molecule has 0 aliphatic carbocycles. The molecule has 2 saturated heterocycles. The molecule has 0 aromatic heterocycles. The fourth-order valence-electron chi connectivity index (χ4n) is 3.67. The molecule has 0 saturated carbocycles. The summed E-state index contributed by atoms with van der Waals surface area (Å²) in [4.78, 5) is 7.26. The first-order chi connectivity index (χ1) is 12.6.